The number of hydrogen-bond acceptors (Lipinski definition) is 3. The summed E-state index contributed by atoms with van der Waals surface area (Å²) in [6.07, 6.45) is 5.51. The van der Waals surface area contributed by atoms with Gasteiger partial charge in [0.2, 0.25) is 10.0 Å². The Kier molecular flexibility index (Phi) is 4.45. The highest BCUT2D eigenvalue weighted by Gasteiger charge is 2.27. The molecule has 0 bridgehead atoms. The van der Waals surface area contributed by atoms with Gasteiger partial charge in [0, 0.05) is 22.8 Å². The molecule has 0 amide bonds. The van der Waals surface area contributed by atoms with E-state index >= 15 is 0 Å². The van der Waals surface area contributed by atoms with Crippen molar-refractivity contribution in [1.29, 1.82) is 0 Å². The molecule has 0 aliphatic carbocycles. The van der Waals surface area contributed by atoms with Crippen LogP contribution in [0.5, 0.6) is 0 Å². The molecule has 1 aromatic heterocycles. The summed E-state index contributed by atoms with van der Waals surface area (Å²) in [6, 6.07) is 1.81. The number of hydrogen-bond donors (Lipinski definition) is 0. The lowest BCUT2D eigenvalue weighted by Gasteiger charge is -2.24. The maximum Gasteiger partial charge on any atom is 0.244 e. The number of rotatable bonds is 2. The lowest BCUT2D eigenvalue weighted by atomic mass is 10.1. The van der Waals surface area contributed by atoms with Crippen LogP contribution in [0.3, 0.4) is 0 Å². The first-order chi connectivity index (χ1) is 8.51. The first kappa shape index (κ1) is 14.0. The highest BCUT2D eigenvalue weighted by atomic mass is 32.2. The predicted molar refractivity (Wildman–Crippen MR) is 75.6 cm³/mol. The fraction of sp³-hybridized carbons (Fsp3) is 0.692. The van der Waals surface area contributed by atoms with Gasteiger partial charge in [0.05, 0.1) is 4.90 Å². The van der Waals surface area contributed by atoms with Crippen LogP contribution in [0.2, 0.25) is 0 Å². The second kappa shape index (κ2) is 5.72. The van der Waals surface area contributed by atoms with Gasteiger partial charge in [0.15, 0.2) is 0 Å². The minimum absolute atomic E-state index is 0.519. The summed E-state index contributed by atoms with van der Waals surface area (Å²) in [7, 11) is -3.27. The Morgan fingerprint density at radius 3 is 2.11 bits per heavy atom. The first-order valence-corrected chi connectivity index (χ1v) is 8.84. The molecule has 0 radical (unpaired) electrons. The van der Waals surface area contributed by atoms with Gasteiger partial charge < -0.3 is 0 Å². The van der Waals surface area contributed by atoms with Crippen LogP contribution < -0.4 is 0 Å². The second-order valence-electron chi connectivity index (χ2n) is 4.95. The average molecular weight is 287 g/mol. The van der Waals surface area contributed by atoms with Crippen molar-refractivity contribution in [2.45, 2.75) is 50.8 Å². The molecule has 1 aliphatic heterocycles. The number of thiophene rings is 1. The number of nitrogens with zero attached hydrogens (tertiary/aromatic N) is 1. The molecule has 0 aromatic carbocycles. The Bertz CT molecular complexity index is 497. The summed E-state index contributed by atoms with van der Waals surface area (Å²) in [4.78, 5) is 2.50. The Labute approximate surface area is 114 Å². The number of aryl methyl sites for hydroxylation is 2. The molecule has 0 atom stereocenters. The van der Waals surface area contributed by atoms with E-state index in [1.54, 1.807) is 15.6 Å². The average Bonchev–Trinajstić information content (AvgIpc) is 2.57. The van der Waals surface area contributed by atoms with Crippen molar-refractivity contribution < 1.29 is 8.42 Å². The molecule has 1 aliphatic rings. The summed E-state index contributed by atoms with van der Waals surface area (Å²) in [5.41, 5.74) is 0. The molecule has 1 fully saturated rings. The van der Waals surface area contributed by atoms with E-state index in [-0.39, 0.29) is 0 Å². The zero-order valence-corrected chi connectivity index (χ0v) is 12.7. The zero-order chi connectivity index (χ0) is 13.2. The van der Waals surface area contributed by atoms with E-state index < -0.39 is 10.0 Å². The molecule has 3 nitrogen and oxygen atoms in total. The Morgan fingerprint density at radius 2 is 1.61 bits per heavy atom. The summed E-state index contributed by atoms with van der Waals surface area (Å²) >= 11 is 1.56. The highest BCUT2D eigenvalue weighted by Crippen LogP contribution is 2.28. The lowest BCUT2D eigenvalue weighted by Crippen LogP contribution is -2.33. The SMILES string of the molecule is Cc1cc(S(=O)(=O)N2CCCCCCC2)c(C)s1. The van der Waals surface area contributed by atoms with Crippen LogP contribution in [0.25, 0.3) is 0 Å². The summed E-state index contributed by atoms with van der Waals surface area (Å²) in [6.45, 7) is 5.21. The quantitative estimate of drug-likeness (QED) is 0.837. The topological polar surface area (TPSA) is 37.4 Å². The molecule has 5 heteroatoms. The molecular formula is C13H21NO2S2. The highest BCUT2D eigenvalue weighted by molar-refractivity contribution is 7.89. The molecule has 1 aromatic rings. The van der Waals surface area contributed by atoms with Crippen LogP contribution >= 0.6 is 11.3 Å². The van der Waals surface area contributed by atoms with E-state index in [0.29, 0.717) is 18.0 Å². The summed E-state index contributed by atoms with van der Waals surface area (Å²) in [5.74, 6) is 0. The fourth-order valence-electron chi connectivity index (χ4n) is 2.46. The monoisotopic (exact) mass is 287 g/mol. The van der Waals surface area contributed by atoms with E-state index in [4.69, 9.17) is 0 Å². The number of sulfonamides is 1. The molecule has 18 heavy (non-hydrogen) atoms. The smallest absolute Gasteiger partial charge is 0.207 e. The Hall–Kier alpha value is -0.390. The molecule has 0 saturated carbocycles. The van der Waals surface area contributed by atoms with Crippen molar-refractivity contribution in [3.8, 4) is 0 Å². The first-order valence-electron chi connectivity index (χ1n) is 6.59. The predicted octanol–water partition coefficient (Wildman–Crippen LogP) is 3.32. The largest absolute Gasteiger partial charge is 0.244 e. The van der Waals surface area contributed by atoms with Crippen LogP contribution in [0, 0.1) is 13.8 Å². The zero-order valence-electron chi connectivity index (χ0n) is 11.1. The van der Waals surface area contributed by atoms with Crippen molar-refractivity contribution >= 4 is 21.4 Å². The van der Waals surface area contributed by atoms with Gasteiger partial charge in [-0.3, -0.25) is 0 Å². The molecule has 0 spiro atoms. The third-order valence-corrected chi connectivity index (χ3v) is 6.55. The van der Waals surface area contributed by atoms with Crippen molar-refractivity contribution in [2.24, 2.45) is 0 Å². The van der Waals surface area contributed by atoms with Crippen molar-refractivity contribution in [2.75, 3.05) is 13.1 Å². The molecular weight excluding hydrogens is 266 g/mol. The normalized spacial score (nSPS) is 19.4. The summed E-state index contributed by atoms with van der Waals surface area (Å²) in [5, 5.41) is 0. The fourth-order valence-corrected chi connectivity index (χ4v) is 5.50. The standard InChI is InChI=1S/C13H21NO2S2/c1-11-10-13(12(2)17-11)18(15,16)14-8-6-4-3-5-7-9-14/h10H,3-9H2,1-2H3. The van der Waals surface area contributed by atoms with Crippen LogP contribution in [0.4, 0.5) is 0 Å². The molecule has 0 N–H and O–H groups in total. The van der Waals surface area contributed by atoms with Gasteiger partial charge in [-0.15, -0.1) is 11.3 Å². The third-order valence-electron chi connectivity index (χ3n) is 3.43. The maximum atomic E-state index is 12.6. The van der Waals surface area contributed by atoms with Gasteiger partial charge in [-0.25, -0.2) is 8.42 Å². The van der Waals surface area contributed by atoms with Gasteiger partial charge in [0.25, 0.3) is 0 Å². The Balaban J connectivity index is 2.26. The van der Waals surface area contributed by atoms with Crippen LogP contribution in [0.1, 0.15) is 41.9 Å². The van der Waals surface area contributed by atoms with E-state index in [1.165, 1.54) is 6.42 Å². The van der Waals surface area contributed by atoms with Crippen LogP contribution in [0.15, 0.2) is 11.0 Å². The van der Waals surface area contributed by atoms with Crippen molar-refractivity contribution in [3.05, 3.63) is 15.8 Å². The van der Waals surface area contributed by atoms with E-state index in [1.807, 2.05) is 19.9 Å². The van der Waals surface area contributed by atoms with E-state index in [2.05, 4.69) is 0 Å². The van der Waals surface area contributed by atoms with Crippen LogP contribution in [-0.2, 0) is 10.0 Å². The molecule has 2 rings (SSSR count). The summed E-state index contributed by atoms with van der Waals surface area (Å²) < 4.78 is 26.9. The van der Waals surface area contributed by atoms with E-state index in [0.717, 1.165) is 35.4 Å². The van der Waals surface area contributed by atoms with Gasteiger partial charge in [0.1, 0.15) is 0 Å². The molecule has 2 heterocycles. The van der Waals surface area contributed by atoms with Crippen molar-refractivity contribution in [3.63, 3.8) is 0 Å². The van der Waals surface area contributed by atoms with Gasteiger partial charge in [-0.05, 0) is 32.8 Å². The van der Waals surface area contributed by atoms with E-state index in [9.17, 15) is 8.42 Å². The minimum Gasteiger partial charge on any atom is -0.207 e. The molecule has 102 valence electrons. The van der Waals surface area contributed by atoms with Crippen LogP contribution in [-0.4, -0.2) is 25.8 Å². The molecule has 1 saturated heterocycles. The van der Waals surface area contributed by atoms with Crippen molar-refractivity contribution in [1.82, 2.24) is 4.31 Å². The molecule has 0 unspecified atom stereocenters. The van der Waals surface area contributed by atoms with Gasteiger partial charge in [-0.1, -0.05) is 19.3 Å². The van der Waals surface area contributed by atoms with Gasteiger partial charge >= 0.3 is 0 Å². The maximum absolute atomic E-state index is 12.6. The lowest BCUT2D eigenvalue weighted by molar-refractivity contribution is 0.364. The Morgan fingerprint density at radius 1 is 1.06 bits per heavy atom. The minimum atomic E-state index is -3.27. The third kappa shape index (κ3) is 2.95. The second-order valence-corrected chi connectivity index (χ2v) is 8.32. The van der Waals surface area contributed by atoms with Gasteiger partial charge in [-0.2, -0.15) is 4.31 Å².